The van der Waals surface area contributed by atoms with Gasteiger partial charge in [-0.25, -0.2) is 38.3 Å². The first-order valence-corrected chi connectivity index (χ1v) is 26.6. The highest BCUT2D eigenvalue weighted by Crippen LogP contribution is 2.33. The molecule has 0 radical (unpaired) electrons. The Bertz CT molecular complexity index is 3490. The lowest BCUT2D eigenvalue weighted by atomic mass is 10.0. The second-order valence-electron chi connectivity index (χ2n) is 19.3. The van der Waals surface area contributed by atoms with Gasteiger partial charge in [0.15, 0.2) is 0 Å². The molecule has 2 saturated heterocycles. The number of nitrogens with one attached hydrogen (secondary N) is 4. The fourth-order valence-electron chi connectivity index (χ4n) is 9.70. The van der Waals surface area contributed by atoms with Crippen LogP contribution in [0.2, 0.25) is 0 Å². The summed E-state index contributed by atoms with van der Waals surface area (Å²) in [6.45, 7) is 13.5. The number of hydrogen-bond donors (Lipinski definition) is 4. The predicted octanol–water partition coefficient (Wildman–Crippen LogP) is 9.51. The molecule has 8 aromatic rings. The van der Waals surface area contributed by atoms with Crippen LogP contribution < -0.4 is 31.1 Å². The largest absolute Gasteiger partial charge is 0.461 e. The van der Waals surface area contributed by atoms with E-state index in [2.05, 4.69) is 64.0 Å². The molecular formula is C62H58F2N12O6. The van der Waals surface area contributed by atoms with Crippen molar-refractivity contribution in [2.75, 3.05) is 110 Å². The van der Waals surface area contributed by atoms with Gasteiger partial charge in [0.2, 0.25) is 23.7 Å². The van der Waals surface area contributed by atoms with Gasteiger partial charge in [-0.3, -0.25) is 19.4 Å². The third-order valence-electron chi connectivity index (χ3n) is 14.0. The van der Waals surface area contributed by atoms with E-state index in [9.17, 15) is 19.2 Å². The molecule has 4 N–H and O–H groups in total. The molecule has 0 bridgehead atoms. The van der Waals surface area contributed by atoms with Crippen molar-refractivity contribution in [3.8, 4) is 22.3 Å². The molecule has 0 spiro atoms. The van der Waals surface area contributed by atoms with E-state index in [0.717, 1.165) is 56.6 Å². The minimum Gasteiger partial charge on any atom is -0.461 e. The fraction of sp³-hybridized carbons (Fsp3) is 0.194. The zero-order chi connectivity index (χ0) is 57.0. The van der Waals surface area contributed by atoms with E-state index in [1.54, 1.807) is 36.7 Å². The van der Waals surface area contributed by atoms with E-state index in [-0.39, 0.29) is 48.3 Å². The second-order valence-corrected chi connectivity index (χ2v) is 19.3. The van der Waals surface area contributed by atoms with Crippen molar-refractivity contribution in [2.24, 2.45) is 0 Å². The molecule has 0 atom stereocenters. The summed E-state index contributed by atoms with van der Waals surface area (Å²) in [5, 5.41) is 13.2. The first-order chi connectivity index (χ1) is 39.9. The number of fused-ring (bicyclic) bond motifs is 2. The predicted molar refractivity (Wildman–Crippen MR) is 315 cm³/mol. The van der Waals surface area contributed by atoms with Gasteiger partial charge in [-0.05, 0) is 83.9 Å². The number of carbonyl (C=O) groups excluding carboxylic acids is 4. The van der Waals surface area contributed by atoms with Crippen molar-refractivity contribution in [1.29, 1.82) is 0 Å². The quantitative estimate of drug-likeness (QED) is 0.0415. The maximum atomic E-state index is 15.6. The van der Waals surface area contributed by atoms with E-state index in [1.165, 1.54) is 24.3 Å². The van der Waals surface area contributed by atoms with Crippen LogP contribution in [-0.2, 0) is 28.7 Å². The Labute approximate surface area is 471 Å². The Morgan fingerprint density at radius 1 is 0.524 bits per heavy atom. The number of halogens is 2. The Morgan fingerprint density at radius 2 is 0.939 bits per heavy atom. The zero-order valence-corrected chi connectivity index (χ0v) is 44.7. The molecule has 0 unspecified atom stereocenters. The molecule has 20 heteroatoms. The number of nitrogens with zero attached hydrogens (tertiary/aromatic N) is 8. The molecule has 0 saturated carbocycles. The molecule has 10 rings (SSSR count). The van der Waals surface area contributed by atoms with Crippen molar-refractivity contribution in [3.05, 3.63) is 183 Å². The molecule has 2 aromatic heterocycles. The standard InChI is InChI=1S/C62H58F2N12O6/c1-3-55(77)67-45-13-5-9-41(35-45)49-15-7-11-43-39-65-61(71-59(43)49)69-53-19-17-47(37-51(53)63)75-27-23-73(24-28-75)31-33-81-57(79)21-22-58(80)82-34-32-74-25-29-76(30-26-74)48-18-20-54(52(64)38-48)70-62-66-40-44-12-8-16-50(60(44)72-62)42-10-6-14-46(36-42)68-56(78)4-2/h3-22,35-40H,1-2,23-34H2,(H,67,77)(H,68,78)(H,65,69,71)(H,66,70,72)/b22-21-. The van der Waals surface area contributed by atoms with Gasteiger partial charge in [0.05, 0.1) is 22.4 Å². The number of rotatable bonds is 20. The Kier molecular flexibility index (Phi) is 17.5. The zero-order valence-electron chi connectivity index (χ0n) is 44.7. The van der Waals surface area contributed by atoms with Crippen molar-refractivity contribution in [3.63, 3.8) is 0 Å². The summed E-state index contributed by atoms with van der Waals surface area (Å²) in [7, 11) is 0. The van der Waals surface area contributed by atoms with E-state index in [1.807, 2.05) is 84.9 Å². The van der Waals surface area contributed by atoms with E-state index < -0.39 is 23.6 Å². The summed E-state index contributed by atoms with van der Waals surface area (Å²) >= 11 is 0. The normalized spacial score (nSPS) is 13.9. The highest BCUT2D eigenvalue weighted by Gasteiger charge is 2.22. The van der Waals surface area contributed by atoms with Crippen LogP contribution >= 0.6 is 0 Å². The number of hydrogen-bond acceptors (Lipinski definition) is 16. The highest BCUT2D eigenvalue weighted by molar-refractivity contribution is 6.01. The van der Waals surface area contributed by atoms with Crippen LogP contribution in [-0.4, -0.2) is 132 Å². The van der Waals surface area contributed by atoms with Gasteiger partial charge in [-0.15, -0.1) is 0 Å². The number of anilines is 8. The number of esters is 2. The minimum absolute atomic E-state index is 0.130. The lowest BCUT2D eigenvalue weighted by molar-refractivity contribution is -0.141. The highest BCUT2D eigenvalue weighted by atomic mass is 19.1. The number of benzene rings is 6. The third-order valence-corrected chi connectivity index (χ3v) is 14.0. The van der Waals surface area contributed by atoms with Crippen molar-refractivity contribution in [2.45, 2.75) is 0 Å². The average molecular weight is 1110 g/mol. The summed E-state index contributed by atoms with van der Waals surface area (Å²) < 4.78 is 41.9. The second kappa shape index (κ2) is 25.9. The molecule has 6 aromatic carbocycles. The van der Waals surface area contributed by atoms with Crippen LogP contribution in [0, 0.1) is 11.6 Å². The van der Waals surface area contributed by atoms with Gasteiger partial charge in [-0.2, -0.15) is 0 Å². The van der Waals surface area contributed by atoms with Crippen molar-refractivity contribution < 1.29 is 37.4 Å². The van der Waals surface area contributed by atoms with Crippen LogP contribution in [0.15, 0.2) is 171 Å². The summed E-state index contributed by atoms with van der Waals surface area (Å²) in [5.74, 6) is -2.40. The summed E-state index contributed by atoms with van der Waals surface area (Å²) in [6.07, 6.45) is 7.90. The molecule has 2 aliphatic heterocycles. The van der Waals surface area contributed by atoms with Crippen LogP contribution in [0.5, 0.6) is 0 Å². The molecular weight excluding hydrogens is 1050 g/mol. The van der Waals surface area contributed by atoms with E-state index >= 15 is 8.78 Å². The maximum absolute atomic E-state index is 15.6. The SMILES string of the molecule is C=CC(=O)Nc1cccc(-c2cccc3cnc(Nc4ccc(N5CCN(CCOC(=O)/C=C\C(=O)OCCN6CCN(c7ccc(Nc8ncc9cccc(-c%10cccc(NC(=O)C=C)c%10)c9n8)c(F)c7)CC6)CC5)cc4F)nc23)c1. The first kappa shape index (κ1) is 55.4. The van der Waals surface area contributed by atoms with E-state index in [0.29, 0.717) is 87.9 Å². The lowest BCUT2D eigenvalue weighted by Gasteiger charge is -2.36. The lowest BCUT2D eigenvalue weighted by Crippen LogP contribution is -2.47. The van der Waals surface area contributed by atoms with Crippen LogP contribution in [0.3, 0.4) is 0 Å². The summed E-state index contributed by atoms with van der Waals surface area (Å²) in [6, 6.07) is 36.2. The molecule has 2 amide bonds. The molecule has 416 valence electrons. The number of piperazine rings is 2. The van der Waals surface area contributed by atoms with E-state index in [4.69, 9.17) is 19.4 Å². The summed E-state index contributed by atoms with van der Waals surface area (Å²) in [4.78, 5) is 75.5. The molecule has 18 nitrogen and oxygen atoms in total. The van der Waals surface area contributed by atoms with Crippen molar-refractivity contribution in [1.82, 2.24) is 29.7 Å². The molecule has 2 fully saturated rings. The number of para-hydroxylation sites is 2. The van der Waals surface area contributed by atoms with Crippen molar-refractivity contribution >= 4 is 91.6 Å². The van der Waals surface area contributed by atoms with Crippen LogP contribution in [0.1, 0.15) is 0 Å². The number of amides is 2. The van der Waals surface area contributed by atoms with Gasteiger partial charge in [0, 0.05) is 135 Å². The summed E-state index contributed by atoms with van der Waals surface area (Å²) in [5.41, 5.74) is 7.76. The van der Waals surface area contributed by atoms with Crippen LogP contribution in [0.4, 0.5) is 54.8 Å². The van der Waals surface area contributed by atoms with Crippen LogP contribution in [0.25, 0.3) is 44.1 Å². The van der Waals surface area contributed by atoms with Gasteiger partial charge in [0.1, 0.15) is 24.8 Å². The number of carbonyl (C=O) groups is 4. The fourth-order valence-corrected chi connectivity index (χ4v) is 9.70. The maximum Gasteiger partial charge on any atom is 0.331 e. The van der Waals surface area contributed by atoms with Gasteiger partial charge < -0.3 is 40.5 Å². The minimum atomic E-state index is -0.654. The molecule has 82 heavy (non-hydrogen) atoms. The molecule has 0 aliphatic carbocycles. The topological polar surface area (TPSA) is 199 Å². The van der Waals surface area contributed by atoms with Gasteiger partial charge in [0.25, 0.3) is 0 Å². The average Bonchev–Trinajstić information content (AvgIpc) is 3.61. The van der Waals surface area contributed by atoms with Gasteiger partial charge >= 0.3 is 11.9 Å². The first-order valence-electron chi connectivity index (χ1n) is 26.6. The Morgan fingerprint density at radius 3 is 1.34 bits per heavy atom. The third kappa shape index (κ3) is 13.9. The smallest absolute Gasteiger partial charge is 0.331 e. The Balaban J connectivity index is 0.615. The monoisotopic (exact) mass is 1100 g/mol. The molecule has 2 aliphatic rings. The Hall–Kier alpha value is -9.92. The molecule has 4 heterocycles. The number of ether oxygens (including phenoxy) is 2. The van der Waals surface area contributed by atoms with Gasteiger partial charge in [-0.1, -0.05) is 73.8 Å². The number of aromatic nitrogens is 4.